The van der Waals surface area contributed by atoms with Crippen molar-refractivity contribution in [3.05, 3.63) is 0 Å². The van der Waals surface area contributed by atoms with Crippen LogP contribution in [0.3, 0.4) is 0 Å². The van der Waals surface area contributed by atoms with Crippen molar-refractivity contribution in [1.29, 1.82) is 0 Å². The minimum absolute atomic E-state index is 0.0226. The van der Waals surface area contributed by atoms with Crippen molar-refractivity contribution in [3.63, 3.8) is 0 Å². The van der Waals surface area contributed by atoms with E-state index in [2.05, 4.69) is 10.6 Å². The molecule has 5 nitrogen and oxygen atoms in total. The number of carbonyl (C=O) groups is 2. The number of carbonyl (C=O) groups excluding carboxylic acids is 2. The molecule has 1 aliphatic heterocycles. The third kappa shape index (κ3) is 3.20. The Bertz CT molecular complexity index is 247. The second kappa shape index (κ2) is 5.11. The molecular formula is C10H19N3O2. The zero-order valence-electron chi connectivity index (χ0n) is 9.25. The smallest absolute Gasteiger partial charge is 0.240 e. The zero-order valence-corrected chi connectivity index (χ0v) is 9.25. The normalized spacial score (nSPS) is 22.7. The van der Waals surface area contributed by atoms with E-state index in [0.717, 1.165) is 13.0 Å². The van der Waals surface area contributed by atoms with Crippen LogP contribution >= 0.6 is 0 Å². The van der Waals surface area contributed by atoms with Gasteiger partial charge in [0.2, 0.25) is 11.8 Å². The van der Waals surface area contributed by atoms with Gasteiger partial charge in [0.1, 0.15) is 6.04 Å². The standard InChI is InChI=1S/C10H19N3O2/c1-6(2)8(9(11)14)13-10(15)7-3-4-12-5-7/h6-8,12H,3-5H2,1-2H3,(H2,11,14)(H,13,15)/t7-,8?/m1/s1. The predicted octanol–water partition coefficient (Wildman–Crippen LogP) is -0.778. The lowest BCUT2D eigenvalue weighted by atomic mass is 10.0. The molecule has 0 aliphatic carbocycles. The first kappa shape index (κ1) is 12.0. The van der Waals surface area contributed by atoms with Crippen LogP contribution in [0.5, 0.6) is 0 Å². The maximum atomic E-state index is 11.7. The Kier molecular flexibility index (Phi) is 4.08. The molecule has 0 spiro atoms. The van der Waals surface area contributed by atoms with Crippen LogP contribution < -0.4 is 16.4 Å². The maximum absolute atomic E-state index is 11.7. The average Bonchev–Trinajstić information content (AvgIpc) is 2.65. The van der Waals surface area contributed by atoms with Crippen molar-refractivity contribution in [2.45, 2.75) is 26.3 Å². The summed E-state index contributed by atoms with van der Waals surface area (Å²) in [4.78, 5) is 22.8. The third-order valence-corrected chi connectivity index (χ3v) is 2.70. The monoisotopic (exact) mass is 213 g/mol. The first-order chi connectivity index (χ1) is 7.02. The van der Waals surface area contributed by atoms with Gasteiger partial charge < -0.3 is 16.4 Å². The molecule has 1 saturated heterocycles. The van der Waals surface area contributed by atoms with Crippen LogP contribution in [0.1, 0.15) is 20.3 Å². The fourth-order valence-corrected chi connectivity index (χ4v) is 1.72. The number of amides is 2. The van der Waals surface area contributed by atoms with Gasteiger partial charge in [-0.3, -0.25) is 9.59 Å². The van der Waals surface area contributed by atoms with Crippen LogP contribution in [0.4, 0.5) is 0 Å². The lowest BCUT2D eigenvalue weighted by molar-refractivity contribution is -0.130. The molecule has 1 unspecified atom stereocenters. The Morgan fingerprint density at radius 2 is 2.13 bits per heavy atom. The number of nitrogens with one attached hydrogen (secondary N) is 2. The minimum atomic E-state index is -0.557. The molecule has 5 heteroatoms. The van der Waals surface area contributed by atoms with Gasteiger partial charge in [0.05, 0.1) is 5.92 Å². The van der Waals surface area contributed by atoms with Crippen LogP contribution in [0.2, 0.25) is 0 Å². The third-order valence-electron chi connectivity index (χ3n) is 2.70. The van der Waals surface area contributed by atoms with Crippen LogP contribution in [0.25, 0.3) is 0 Å². The predicted molar refractivity (Wildman–Crippen MR) is 56.9 cm³/mol. The number of nitrogens with two attached hydrogens (primary N) is 1. The lowest BCUT2D eigenvalue weighted by Gasteiger charge is -2.20. The fourth-order valence-electron chi connectivity index (χ4n) is 1.72. The SMILES string of the molecule is CC(C)C(NC(=O)[C@@H]1CCNC1)C(N)=O. The summed E-state index contributed by atoms with van der Waals surface area (Å²) in [5.74, 6) is -0.534. The van der Waals surface area contributed by atoms with Crippen molar-refractivity contribution in [1.82, 2.24) is 10.6 Å². The number of hydrogen-bond acceptors (Lipinski definition) is 3. The Morgan fingerprint density at radius 3 is 2.53 bits per heavy atom. The quantitative estimate of drug-likeness (QED) is 0.573. The van der Waals surface area contributed by atoms with E-state index >= 15 is 0 Å². The molecule has 1 fully saturated rings. The Hall–Kier alpha value is -1.10. The second-order valence-corrected chi connectivity index (χ2v) is 4.32. The van der Waals surface area contributed by atoms with E-state index in [9.17, 15) is 9.59 Å². The molecule has 2 atom stereocenters. The summed E-state index contributed by atoms with van der Waals surface area (Å²) in [6.45, 7) is 5.28. The summed E-state index contributed by atoms with van der Waals surface area (Å²) in [6.07, 6.45) is 0.829. The van der Waals surface area contributed by atoms with Gasteiger partial charge in [-0.1, -0.05) is 13.8 Å². The average molecular weight is 213 g/mol. The van der Waals surface area contributed by atoms with Crippen molar-refractivity contribution in [2.75, 3.05) is 13.1 Å². The molecule has 1 aliphatic rings. The van der Waals surface area contributed by atoms with E-state index in [-0.39, 0.29) is 17.7 Å². The highest BCUT2D eigenvalue weighted by Gasteiger charge is 2.27. The summed E-state index contributed by atoms with van der Waals surface area (Å²) in [6, 6.07) is -0.557. The van der Waals surface area contributed by atoms with Crippen molar-refractivity contribution >= 4 is 11.8 Å². The first-order valence-corrected chi connectivity index (χ1v) is 5.32. The molecule has 1 rings (SSSR count). The van der Waals surface area contributed by atoms with Gasteiger partial charge in [0.25, 0.3) is 0 Å². The molecule has 2 amide bonds. The minimum Gasteiger partial charge on any atom is -0.368 e. The molecule has 0 radical (unpaired) electrons. The molecule has 0 aromatic heterocycles. The van der Waals surface area contributed by atoms with E-state index in [4.69, 9.17) is 5.73 Å². The molecule has 4 N–H and O–H groups in total. The summed E-state index contributed by atoms with van der Waals surface area (Å²) in [5, 5.41) is 5.81. The molecule has 15 heavy (non-hydrogen) atoms. The Morgan fingerprint density at radius 1 is 1.47 bits per heavy atom. The van der Waals surface area contributed by atoms with E-state index in [1.165, 1.54) is 0 Å². The Balaban J connectivity index is 2.50. The summed E-state index contributed by atoms with van der Waals surface area (Å²) >= 11 is 0. The summed E-state index contributed by atoms with van der Waals surface area (Å²) in [7, 11) is 0. The largest absolute Gasteiger partial charge is 0.368 e. The van der Waals surface area contributed by atoms with Gasteiger partial charge in [-0.05, 0) is 18.9 Å². The van der Waals surface area contributed by atoms with E-state index < -0.39 is 11.9 Å². The van der Waals surface area contributed by atoms with Gasteiger partial charge in [0, 0.05) is 6.54 Å². The van der Waals surface area contributed by atoms with Gasteiger partial charge in [-0.2, -0.15) is 0 Å². The maximum Gasteiger partial charge on any atom is 0.240 e. The number of rotatable bonds is 4. The first-order valence-electron chi connectivity index (χ1n) is 5.32. The lowest BCUT2D eigenvalue weighted by Crippen LogP contribution is -2.49. The molecule has 0 aromatic rings. The molecule has 0 saturated carbocycles. The highest BCUT2D eigenvalue weighted by Crippen LogP contribution is 2.09. The van der Waals surface area contributed by atoms with Crippen LogP contribution in [-0.4, -0.2) is 30.9 Å². The van der Waals surface area contributed by atoms with Crippen LogP contribution in [0.15, 0.2) is 0 Å². The number of hydrogen-bond donors (Lipinski definition) is 3. The van der Waals surface area contributed by atoms with Crippen molar-refractivity contribution in [2.24, 2.45) is 17.6 Å². The van der Waals surface area contributed by atoms with Crippen LogP contribution in [-0.2, 0) is 9.59 Å². The second-order valence-electron chi connectivity index (χ2n) is 4.32. The van der Waals surface area contributed by atoms with Gasteiger partial charge in [-0.25, -0.2) is 0 Å². The van der Waals surface area contributed by atoms with Gasteiger partial charge >= 0.3 is 0 Å². The highest BCUT2D eigenvalue weighted by atomic mass is 16.2. The molecule has 1 heterocycles. The fraction of sp³-hybridized carbons (Fsp3) is 0.800. The van der Waals surface area contributed by atoms with E-state index in [1.54, 1.807) is 0 Å². The topological polar surface area (TPSA) is 84.2 Å². The van der Waals surface area contributed by atoms with E-state index in [0.29, 0.717) is 6.54 Å². The van der Waals surface area contributed by atoms with Crippen LogP contribution in [0, 0.1) is 11.8 Å². The summed E-state index contributed by atoms with van der Waals surface area (Å²) < 4.78 is 0. The van der Waals surface area contributed by atoms with Crippen molar-refractivity contribution < 1.29 is 9.59 Å². The number of primary amides is 1. The van der Waals surface area contributed by atoms with Gasteiger partial charge in [0.15, 0.2) is 0 Å². The van der Waals surface area contributed by atoms with Crippen molar-refractivity contribution in [3.8, 4) is 0 Å². The Labute approximate surface area is 89.8 Å². The molecule has 0 aromatic carbocycles. The van der Waals surface area contributed by atoms with E-state index in [1.807, 2.05) is 13.8 Å². The highest BCUT2D eigenvalue weighted by molar-refractivity contribution is 5.87. The summed E-state index contributed by atoms with van der Waals surface area (Å²) in [5.41, 5.74) is 5.22. The molecule has 0 bridgehead atoms. The molecule has 86 valence electrons. The molecular weight excluding hydrogens is 194 g/mol. The zero-order chi connectivity index (χ0) is 11.4. The van der Waals surface area contributed by atoms with Gasteiger partial charge in [-0.15, -0.1) is 0 Å².